The van der Waals surface area contributed by atoms with Crippen LogP contribution >= 0.6 is 0 Å². The first-order valence-corrected chi connectivity index (χ1v) is 4.51. The first kappa shape index (κ1) is 10.9. The maximum Gasteiger partial charge on any atom is 0.219 e. The summed E-state index contributed by atoms with van der Waals surface area (Å²) >= 11 is 0. The third kappa shape index (κ3) is 3.61. The number of primary amides is 1. The van der Waals surface area contributed by atoms with Crippen molar-refractivity contribution in [2.75, 3.05) is 6.54 Å². The summed E-state index contributed by atoms with van der Waals surface area (Å²) in [4.78, 5) is 14.4. The Morgan fingerprint density at radius 2 is 2.27 bits per heavy atom. The van der Waals surface area contributed by atoms with Crippen LogP contribution in [0.5, 0.6) is 0 Å². The van der Waals surface area contributed by atoms with Crippen LogP contribution in [0.25, 0.3) is 0 Å². The fraction of sp³-hybridized carbons (Fsp3) is 0.182. The summed E-state index contributed by atoms with van der Waals surface area (Å²) < 4.78 is 0. The van der Waals surface area contributed by atoms with E-state index >= 15 is 0 Å². The second-order valence-corrected chi connectivity index (χ2v) is 2.95. The van der Waals surface area contributed by atoms with Crippen molar-refractivity contribution in [3.8, 4) is 6.07 Å². The molecule has 0 saturated carbocycles. The predicted octanol–water partition coefficient (Wildman–Crippen LogP) is 0.853. The van der Waals surface area contributed by atoms with Gasteiger partial charge in [-0.15, -0.1) is 0 Å². The lowest BCUT2D eigenvalue weighted by Crippen LogP contribution is -2.11. The van der Waals surface area contributed by atoms with Gasteiger partial charge in [-0.05, 0) is 6.07 Å². The van der Waals surface area contributed by atoms with Gasteiger partial charge in [0.15, 0.2) is 0 Å². The molecule has 0 spiro atoms. The van der Waals surface area contributed by atoms with Crippen molar-refractivity contribution in [1.29, 1.82) is 5.26 Å². The van der Waals surface area contributed by atoms with Gasteiger partial charge in [-0.25, -0.2) is 0 Å². The van der Waals surface area contributed by atoms with Gasteiger partial charge in [0.1, 0.15) is 0 Å². The molecule has 0 radical (unpaired) electrons. The molecule has 4 heteroatoms. The number of aliphatic imine (C=N–C) groups is 1. The van der Waals surface area contributed by atoms with Crippen LogP contribution < -0.4 is 5.73 Å². The minimum atomic E-state index is -0.374. The maximum absolute atomic E-state index is 10.4. The second kappa shape index (κ2) is 5.55. The highest BCUT2D eigenvalue weighted by atomic mass is 16.1. The van der Waals surface area contributed by atoms with Crippen molar-refractivity contribution in [2.45, 2.75) is 6.42 Å². The number of rotatable bonds is 4. The Hall–Kier alpha value is -2.15. The lowest BCUT2D eigenvalue weighted by atomic mass is 10.1. The van der Waals surface area contributed by atoms with E-state index in [0.717, 1.165) is 5.56 Å². The number of nitrogens with two attached hydrogens (primary N) is 1. The number of benzene rings is 1. The van der Waals surface area contributed by atoms with Crippen LogP contribution in [-0.2, 0) is 4.79 Å². The van der Waals surface area contributed by atoms with E-state index in [2.05, 4.69) is 11.1 Å². The van der Waals surface area contributed by atoms with E-state index in [4.69, 9.17) is 11.0 Å². The first-order chi connectivity index (χ1) is 7.24. The van der Waals surface area contributed by atoms with Crippen molar-refractivity contribution >= 4 is 12.1 Å². The molecule has 76 valence electrons. The van der Waals surface area contributed by atoms with Crippen molar-refractivity contribution < 1.29 is 4.79 Å². The number of nitrogens with zero attached hydrogens (tertiary/aromatic N) is 2. The Balaban J connectivity index is 2.64. The zero-order valence-corrected chi connectivity index (χ0v) is 8.18. The molecule has 1 aromatic rings. The zero-order chi connectivity index (χ0) is 11.1. The van der Waals surface area contributed by atoms with Crippen LogP contribution in [0.1, 0.15) is 17.5 Å². The van der Waals surface area contributed by atoms with Gasteiger partial charge in [-0.2, -0.15) is 5.26 Å². The lowest BCUT2D eigenvalue weighted by Gasteiger charge is -1.95. The van der Waals surface area contributed by atoms with Crippen molar-refractivity contribution in [3.05, 3.63) is 35.4 Å². The van der Waals surface area contributed by atoms with Crippen LogP contribution in [0.2, 0.25) is 0 Å². The van der Waals surface area contributed by atoms with Gasteiger partial charge in [0.05, 0.1) is 11.6 Å². The summed E-state index contributed by atoms with van der Waals surface area (Å²) in [5, 5.41) is 8.78. The number of hydrogen-bond acceptors (Lipinski definition) is 3. The molecular weight excluding hydrogens is 190 g/mol. The van der Waals surface area contributed by atoms with Gasteiger partial charge < -0.3 is 5.73 Å². The molecule has 0 fully saturated rings. The van der Waals surface area contributed by atoms with Gasteiger partial charge in [0.2, 0.25) is 5.91 Å². The van der Waals surface area contributed by atoms with Gasteiger partial charge in [-0.3, -0.25) is 9.79 Å². The van der Waals surface area contributed by atoms with Crippen molar-refractivity contribution in [2.24, 2.45) is 10.7 Å². The third-order valence-electron chi connectivity index (χ3n) is 1.80. The molecule has 0 aliphatic rings. The molecule has 0 heterocycles. The monoisotopic (exact) mass is 201 g/mol. The van der Waals surface area contributed by atoms with E-state index in [1.54, 1.807) is 24.4 Å². The molecule has 0 aliphatic carbocycles. The largest absolute Gasteiger partial charge is 0.370 e. The number of carbonyl (C=O) groups is 1. The van der Waals surface area contributed by atoms with Crippen LogP contribution in [0.4, 0.5) is 0 Å². The summed E-state index contributed by atoms with van der Waals surface area (Å²) in [6.07, 6.45) is 1.81. The molecule has 0 saturated heterocycles. The van der Waals surface area contributed by atoms with Gasteiger partial charge >= 0.3 is 0 Å². The van der Waals surface area contributed by atoms with Gasteiger partial charge in [-0.1, -0.05) is 18.2 Å². The minimum Gasteiger partial charge on any atom is -0.370 e. The fourth-order valence-corrected chi connectivity index (χ4v) is 1.05. The Labute approximate surface area is 88.0 Å². The van der Waals surface area contributed by atoms with Crippen molar-refractivity contribution in [1.82, 2.24) is 0 Å². The summed E-state index contributed by atoms with van der Waals surface area (Å²) in [5.41, 5.74) is 6.29. The van der Waals surface area contributed by atoms with Crippen LogP contribution in [0.3, 0.4) is 0 Å². The van der Waals surface area contributed by atoms with Gasteiger partial charge in [0, 0.05) is 24.7 Å². The quantitative estimate of drug-likeness (QED) is 0.733. The zero-order valence-electron chi connectivity index (χ0n) is 8.18. The summed E-state index contributed by atoms with van der Waals surface area (Å²) in [6.45, 7) is 0.356. The van der Waals surface area contributed by atoms with Gasteiger partial charge in [0.25, 0.3) is 0 Å². The van der Waals surface area contributed by atoms with E-state index in [0.29, 0.717) is 12.1 Å². The van der Waals surface area contributed by atoms with E-state index in [-0.39, 0.29) is 12.3 Å². The molecule has 0 aromatic heterocycles. The average molecular weight is 201 g/mol. The maximum atomic E-state index is 10.4. The SMILES string of the molecule is N#Cc1ccccc1/C=N/CCC(N)=O. The molecule has 0 aliphatic heterocycles. The van der Waals surface area contributed by atoms with E-state index in [9.17, 15) is 4.79 Å². The predicted molar refractivity (Wildman–Crippen MR) is 57.4 cm³/mol. The van der Waals surface area contributed by atoms with Crippen LogP contribution in [-0.4, -0.2) is 18.7 Å². The van der Waals surface area contributed by atoms with E-state index in [1.165, 1.54) is 0 Å². The van der Waals surface area contributed by atoms with E-state index in [1.807, 2.05) is 6.07 Å². The lowest BCUT2D eigenvalue weighted by molar-refractivity contribution is -0.117. The molecule has 0 atom stereocenters. The smallest absolute Gasteiger partial charge is 0.219 e. The molecular formula is C11H11N3O. The molecule has 0 bridgehead atoms. The third-order valence-corrected chi connectivity index (χ3v) is 1.80. The molecule has 2 N–H and O–H groups in total. The molecule has 4 nitrogen and oxygen atoms in total. The van der Waals surface area contributed by atoms with Crippen LogP contribution in [0.15, 0.2) is 29.3 Å². The number of carbonyl (C=O) groups excluding carboxylic acids is 1. The molecule has 1 aromatic carbocycles. The summed E-state index contributed by atoms with van der Waals surface area (Å²) in [5.74, 6) is -0.374. The Kier molecular flexibility index (Phi) is 4.05. The standard InChI is InChI=1S/C11H11N3O/c12-7-9-3-1-2-4-10(9)8-14-6-5-11(13)15/h1-4,8H,5-6H2,(H2,13,15)/b14-8+. The molecule has 1 amide bonds. The molecule has 1 rings (SSSR count). The minimum absolute atomic E-state index is 0.227. The van der Waals surface area contributed by atoms with Crippen LogP contribution in [0, 0.1) is 11.3 Å². The van der Waals surface area contributed by atoms with E-state index < -0.39 is 0 Å². The number of hydrogen-bond donors (Lipinski definition) is 1. The second-order valence-electron chi connectivity index (χ2n) is 2.95. The topological polar surface area (TPSA) is 79.2 Å². The number of nitriles is 1. The highest BCUT2D eigenvalue weighted by Crippen LogP contribution is 2.03. The highest BCUT2D eigenvalue weighted by molar-refractivity contribution is 5.83. The average Bonchev–Trinajstić information content (AvgIpc) is 2.24. The molecule has 15 heavy (non-hydrogen) atoms. The summed E-state index contributed by atoms with van der Waals surface area (Å²) in [7, 11) is 0. The van der Waals surface area contributed by atoms with Crippen molar-refractivity contribution in [3.63, 3.8) is 0 Å². The fourth-order valence-electron chi connectivity index (χ4n) is 1.05. The Bertz CT molecular complexity index is 418. The molecule has 0 unspecified atom stereocenters. The number of amides is 1. The Morgan fingerprint density at radius 3 is 2.93 bits per heavy atom. The summed E-state index contributed by atoms with van der Waals surface area (Å²) in [6, 6.07) is 9.20. The highest BCUT2D eigenvalue weighted by Gasteiger charge is 1.96. The normalized spacial score (nSPS) is 10.1. The first-order valence-electron chi connectivity index (χ1n) is 4.51. The Morgan fingerprint density at radius 1 is 1.53 bits per heavy atom.